The predicted molar refractivity (Wildman–Crippen MR) is 67.9 cm³/mol. The quantitative estimate of drug-likeness (QED) is 0.764. The van der Waals surface area contributed by atoms with Crippen LogP contribution in [0.4, 0.5) is 0 Å². The number of likely N-dealkylation sites (tertiary alicyclic amines) is 1. The van der Waals surface area contributed by atoms with Crippen LogP contribution in [0.5, 0.6) is 0 Å². The second-order valence-corrected chi connectivity index (χ2v) is 5.34. The minimum absolute atomic E-state index is 0.341. The van der Waals surface area contributed by atoms with Gasteiger partial charge in [-0.15, -0.1) is 0 Å². The standard InChI is InChI=1S/C14H23NO2/c16-14(17)7-6-12-8-10-15(11-9-12)13-4-2-1-3-5-13/h2,4,12-13H,1,3,5-11H2,(H,16,17). The largest absolute Gasteiger partial charge is 0.481 e. The molecule has 1 aliphatic heterocycles. The molecular weight excluding hydrogens is 214 g/mol. The van der Waals surface area contributed by atoms with Crippen LogP contribution >= 0.6 is 0 Å². The molecule has 0 aromatic heterocycles. The molecule has 3 nitrogen and oxygen atoms in total. The van der Waals surface area contributed by atoms with Gasteiger partial charge >= 0.3 is 5.97 Å². The highest BCUT2D eigenvalue weighted by molar-refractivity contribution is 5.66. The zero-order valence-electron chi connectivity index (χ0n) is 10.5. The van der Waals surface area contributed by atoms with Crippen LogP contribution < -0.4 is 0 Å². The molecule has 96 valence electrons. The van der Waals surface area contributed by atoms with Crippen molar-refractivity contribution in [1.82, 2.24) is 4.90 Å². The number of carboxylic acid groups (broad SMARTS) is 1. The summed E-state index contributed by atoms with van der Waals surface area (Å²) in [5.74, 6) is -0.0161. The minimum Gasteiger partial charge on any atom is -0.481 e. The van der Waals surface area contributed by atoms with Gasteiger partial charge in [0.25, 0.3) is 0 Å². The van der Waals surface area contributed by atoms with Crippen molar-refractivity contribution < 1.29 is 9.90 Å². The minimum atomic E-state index is -0.650. The van der Waals surface area contributed by atoms with Crippen LogP contribution in [0, 0.1) is 5.92 Å². The van der Waals surface area contributed by atoms with Gasteiger partial charge in [-0.1, -0.05) is 12.2 Å². The van der Waals surface area contributed by atoms with Crippen molar-refractivity contribution >= 4 is 5.97 Å². The molecule has 1 unspecified atom stereocenters. The van der Waals surface area contributed by atoms with Crippen molar-refractivity contribution in [1.29, 1.82) is 0 Å². The van der Waals surface area contributed by atoms with Gasteiger partial charge in [0.2, 0.25) is 0 Å². The molecule has 0 spiro atoms. The van der Waals surface area contributed by atoms with Gasteiger partial charge in [-0.3, -0.25) is 9.69 Å². The molecule has 1 saturated heterocycles. The zero-order chi connectivity index (χ0) is 12.1. The van der Waals surface area contributed by atoms with Crippen molar-refractivity contribution in [3.05, 3.63) is 12.2 Å². The number of nitrogens with zero attached hydrogens (tertiary/aromatic N) is 1. The maximum atomic E-state index is 10.5. The van der Waals surface area contributed by atoms with Gasteiger partial charge in [-0.25, -0.2) is 0 Å². The fourth-order valence-electron chi connectivity index (χ4n) is 3.00. The van der Waals surface area contributed by atoms with Crippen molar-refractivity contribution in [3.8, 4) is 0 Å². The summed E-state index contributed by atoms with van der Waals surface area (Å²) in [6.07, 6.45) is 12.1. The van der Waals surface area contributed by atoms with E-state index in [9.17, 15) is 4.79 Å². The second kappa shape index (κ2) is 6.20. The molecule has 0 aromatic rings. The molecule has 2 rings (SSSR count). The lowest BCUT2D eigenvalue weighted by Crippen LogP contribution is -2.41. The lowest BCUT2D eigenvalue weighted by Gasteiger charge is -2.37. The summed E-state index contributed by atoms with van der Waals surface area (Å²) < 4.78 is 0. The lowest BCUT2D eigenvalue weighted by molar-refractivity contribution is -0.137. The smallest absolute Gasteiger partial charge is 0.303 e. The first-order valence-electron chi connectivity index (χ1n) is 6.88. The molecule has 1 fully saturated rings. The van der Waals surface area contributed by atoms with E-state index in [0.29, 0.717) is 18.4 Å². The Bertz CT molecular complexity index is 280. The van der Waals surface area contributed by atoms with Crippen LogP contribution in [0.15, 0.2) is 12.2 Å². The summed E-state index contributed by atoms with van der Waals surface area (Å²) in [5, 5.41) is 8.68. The third-order valence-electron chi connectivity index (χ3n) is 4.11. The topological polar surface area (TPSA) is 40.5 Å². The first-order valence-corrected chi connectivity index (χ1v) is 6.88. The number of aliphatic carboxylic acids is 1. The van der Waals surface area contributed by atoms with Crippen molar-refractivity contribution in [3.63, 3.8) is 0 Å². The summed E-state index contributed by atoms with van der Waals surface area (Å²) in [4.78, 5) is 13.1. The van der Waals surface area contributed by atoms with E-state index in [1.54, 1.807) is 0 Å². The van der Waals surface area contributed by atoms with Crippen LogP contribution in [0.1, 0.15) is 44.9 Å². The van der Waals surface area contributed by atoms with E-state index in [0.717, 1.165) is 19.5 Å². The van der Waals surface area contributed by atoms with Crippen molar-refractivity contribution in [2.45, 2.75) is 51.0 Å². The predicted octanol–water partition coefficient (Wildman–Crippen LogP) is 2.67. The van der Waals surface area contributed by atoms with Gasteiger partial charge in [0.1, 0.15) is 0 Å². The van der Waals surface area contributed by atoms with Gasteiger partial charge < -0.3 is 5.11 Å². The van der Waals surface area contributed by atoms with E-state index in [1.807, 2.05) is 0 Å². The number of carbonyl (C=O) groups is 1. The van der Waals surface area contributed by atoms with E-state index in [2.05, 4.69) is 17.1 Å². The Morgan fingerprint density at radius 2 is 2.06 bits per heavy atom. The van der Waals surface area contributed by atoms with Crippen LogP contribution in [-0.2, 0) is 4.79 Å². The molecule has 0 radical (unpaired) electrons. The summed E-state index contributed by atoms with van der Waals surface area (Å²) in [7, 11) is 0. The van der Waals surface area contributed by atoms with Gasteiger partial charge in [0, 0.05) is 12.5 Å². The summed E-state index contributed by atoms with van der Waals surface area (Å²) in [6, 6.07) is 0.657. The Kier molecular flexibility index (Phi) is 4.60. The molecule has 0 amide bonds. The average Bonchev–Trinajstić information content (AvgIpc) is 2.38. The fraction of sp³-hybridized carbons (Fsp3) is 0.786. The number of hydrogen-bond acceptors (Lipinski definition) is 2. The Hall–Kier alpha value is -0.830. The number of piperidine rings is 1. The molecule has 0 saturated carbocycles. The Morgan fingerprint density at radius 1 is 1.29 bits per heavy atom. The number of rotatable bonds is 4. The molecule has 2 aliphatic rings. The Morgan fingerprint density at radius 3 is 2.65 bits per heavy atom. The van der Waals surface area contributed by atoms with E-state index in [4.69, 9.17) is 5.11 Å². The fourth-order valence-corrected chi connectivity index (χ4v) is 3.00. The zero-order valence-corrected chi connectivity index (χ0v) is 10.5. The normalized spacial score (nSPS) is 27.2. The number of hydrogen-bond donors (Lipinski definition) is 1. The molecule has 17 heavy (non-hydrogen) atoms. The lowest BCUT2D eigenvalue weighted by atomic mass is 9.90. The van der Waals surface area contributed by atoms with Crippen LogP contribution in [0.2, 0.25) is 0 Å². The molecule has 1 atom stereocenters. The van der Waals surface area contributed by atoms with E-state index >= 15 is 0 Å². The highest BCUT2D eigenvalue weighted by Crippen LogP contribution is 2.26. The molecule has 0 aromatic carbocycles. The summed E-state index contributed by atoms with van der Waals surface area (Å²) >= 11 is 0. The summed E-state index contributed by atoms with van der Waals surface area (Å²) in [6.45, 7) is 2.30. The average molecular weight is 237 g/mol. The number of allylic oxidation sites excluding steroid dienone is 1. The van der Waals surface area contributed by atoms with E-state index in [-0.39, 0.29) is 0 Å². The van der Waals surface area contributed by atoms with Gasteiger partial charge in [0.15, 0.2) is 0 Å². The highest BCUT2D eigenvalue weighted by Gasteiger charge is 2.24. The van der Waals surface area contributed by atoms with Crippen LogP contribution in [0.25, 0.3) is 0 Å². The maximum Gasteiger partial charge on any atom is 0.303 e. The van der Waals surface area contributed by atoms with Gasteiger partial charge in [0.05, 0.1) is 0 Å². The number of carboxylic acids is 1. The molecule has 3 heteroatoms. The molecule has 1 heterocycles. The third kappa shape index (κ3) is 3.84. The van der Waals surface area contributed by atoms with Gasteiger partial charge in [-0.2, -0.15) is 0 Å². The first kappa shape index (κ1) is 12.6. The van der Waals surface area contributed by atoms with Crippen LogP contribution in [0.3, 0.4) is 0 Å². The Balaban J connectivity index is 1.72. The van der Waals surface area contributed by atoms with Crippen LogP contribution in [-0.4, -0.2) is 35.1 Å². The van der Waals surface area contributed by atoms with Crippen molar-refractivity contribution in [2.75, 3.05) is 13.1 Å². The molecule has 1 aliphatic carbocycles. The first-order chi connectivity index (χ1) is 8.25. The summed E-state index contributed by atoms with van der Waals surface area (Å²) in [5.41, 5.74) is 0. The third-order valence-corrected chi connectivity index (χ3v) is 4.11. The van der Waals surface area contributed by atoms with Gasteiger partial charge in [-0.05, 0) is 57.5 Å². The maximum absolute atomic E-state index is 10.5. The van der Waals surface area contributed by atoms with E-state index < -0.39 is 5.97 Å². The highest BCUT2D eigenvalue weighted by atomic mass is 16.4. The van der Waals surface area contributed by atoms with Crippen molar-refractivity contribution in [2.24, 2.45) is 5.92 Å². The monoisotopic (exact) mass is 237 g/mol. The molecule has 1 N–H and O–H groups in total. The van der Waals surface area contributed by atoms with E-state index in [1.165, 1.54) is 32.1 Å². The Labute approximate surface area is 103 Å². The molecule has 0 bridgehead atoms. The second-order valence-electron chi connectivity index (χ2n) is 5.34. The molecular formula is C14H23NO2. The SMILES string of the molecule is O=C(O)CCC1CCN(C2C=CCCC2)CC1.